The molecule has 1 atom stereocenters. The van der Waals surface area contributed by atoms with Crippen molar-refractivity contribution in [3.8, 4) is 0 Å². The number of hydrogen-bond acceptors (Lipinski definition) is 8. The van der Waals surface area contributed by atoms with Crippen molar-refractivity contribution in [3.05, 3.63) is 49.9 Å². The predicted molar refractivity (Wildman–Crippen MR) is 131 cm³/mol. The van der Waals surface area contributed by atoms with Gasteiger partial charge in [0.15, 0.2) is 5.82 Å². The number of hydrogen-bond donors (Lipinski definition) is 1. The molecule has 4 rings (SSSR count). The van der Waals surface area contributed by atoms with Gasteiger partial charge in [0, 0.05) is 48.8 Å². The number of rotatable bonds is 6. The third kappa shape index (κ3) is 5.35. The van der Waals surface area contributed by atoms with Crippen molar-refractivity contribution in [1.82, 2.24) is 19.8 Å². The van der Waals surface area contributed by atoms with Crippen molar-refractivity contribution in [1.29, 1.82) is 0 Å². The molecule has 12 heteroatoms. The van der Waals surface area contributed by atoms with E-state index in [0.717, 1.165) is 38.9 Å². The van der Waals surface area contributed by atoms with Gasteiger partial charge in [-0.25, -0.2) is 9.37 Å². The summed E-state index contributed by atoms with van der Waals surface area (Å²) in [6, 6.07) is 5.59. The monoisotopic (exact) mass is 511 g/mol. The SMILES string of the molecule is CCC1CN(c2nc(N)c([N+](=O)[O-])nc2Cl)CCN1C1CCN(Cc2ccc(Cl)cc2F)CC1. The van der Waals surface area contributed by atoms with Gasteiger partial charge in [0.25, 0.3) is 5.15 Å². The molecule has 2 saturated heterocycles. The molecule has 1 aromatic heterocycles. The fourth-order valence-electron chi connectivity index (χ4n) is 4.95. The Morgan fingerprint density at radius 1 is 1.21 bits per heavy atom. The summed E-state index contributed by atoms with van der Waals surface area (Å²) in [4.78, 5) is 25.3. The van der Waals surface area contributed by atoms with E-state index in [1.807, 2.05) is 4.90 Å². The maximum atomic E-state index is 14.2. The minimum atomic E-state index is -0.682. The highest BCUT2D eigenvalue weighted by Crippen LogP contribution is 2.31. The molecule has 0 amide bonds. The minimum absolute atomic E-state index is 0.00746. The van der Waals surface area contributed by atoms with Gasteiger partial charge >= 0.3 is 5.82 Å². The molecule has 9 nitrogen and oxygen atoms in total. The van der Waals surface area contributed by atoms with Gasteiger partial charge in [0.05, 0.1) is 0 Å². The molecule has 34 heavy (non-hydrogen) atoms. The maximum absolute atomic E-state index is 14.2. The number of piperazine rings is 1. The van der Waals surface area contributed by atoms with Crippen LogP contribution in [0.4, 0.5) is 21.8 Å². The summed E-state index contributed by atoms with van der Waals surface area (Å²) in [6.45, 7) is 6.73. The summed E-state index contributed by atoms with van der Waals surface area (Å²) in [5, 5.41) is 11.5. The van der Waals surface area contributed by atoms with Crippen molar-refractivity contribution in [2.75, 3.05) is 43.4 Å². The van der Waals surface area contributed by atoms with E-state index in [9.17, 15) is 14.5 Å². The summed E-state index contributed by atoms with van der Waals surface area (Å²) < 4.78 is 14.2. The number of benzene rings is 1. The highest BCUT2D eigenvalue weighted by atomic mass is 35.5. The Hall–Kier alpha value is -2.27. The molecule has 2 aliphatic heterocycles. The van der Waals surface area contributed by atoms with Gasteiger partial charge in [-0.05, 0) is 66.0 Å². The Bertz CT molecular complexity index is 1050. The van der Waals surface area contributed by atoms with E-state index < -0.39 is 10.7 Å². The molecule has 0 aliphatic carbocycles. The number of nitrogens with zero attached hydrogens (tertiary/aromatic N) is 6. The van der Waals surface area contributed by atoms with Gasteiger partial charge in [-0.15, -0.1) is 0 Å². The Kier molecular flexibility index (Phi) is 7.71. The lowest BCUT2D eigenvalue weighted by Gasteiger charge is -2.47. The van der Waals surface area contributed by atoms with Crippen LogP contribution in [0.15, 0.2) is 18.2 Å². The van der Waals surface area contributed by atoms with Gasteiger partial charge in [0.2, 0.25) is 5.82 Å². The molecule has 0 saturated carbocycles. The Morgan fingerprint density at radius 2 is 1.94 bits per heavy atom. The fraction of sp³-hybridized carbons (Fsp3) is 0.545. The first-order valence-corrected chi connectivity index (χ1v) is 12.2. The number of aromatic nitrogens is 2. The second-order valence-electron chi connectivity index (χ2n) is 8.79. The van der Waals surface area contributed by atoms with E-state index in [2.05, 4.69) is 26.7 Å². The standard InChI is InChI=1S/C22H28Cl2FN7O2/c1-2-16-13-30(21-19(24)27-22(32(33)34)20(26)28-21)9-10-31(16)17-5-7-29(8-6-17)12-14-3-4-15(23)11-18(14)25/h3-4,11,16-17H,2,5-10,12-13H2,1H3,(H2,26,28). The van der Waals surface area contributed by atoms with E-state index in [-0.39, 0.29) is 22.8 Å². The maximum Gasteiger partial charge on any atom is 0.408 e. The molecule has 0 radical (unpaired) electrons. The first kappa shape index (κ1) is 24.8. The van der Waals surface area contributed by atoms with Crippen LogP contribution in [0.2, 0.25) is 10.2 Å². The van der Waals surface area contributed by atoms with Crippen LogP contribution >= 0.6 is 23.2 Å². The minimum Gasteiger partial charge on any atom is -0.377 e. The molecule has 0 spiro atoms. The third-order valence-electron chi connectivity index (χ3n) is 6.75. The van der Waals surface area contributed by atoms with Crippen LogP contribution in [0, 0.1) is 15.9 Å². The van der Waals surface area contributed by atoms with Crippen molar-refractivity contribution in [2.45, 2.75) is 44.8 Å². The van der Waals surface area contributed by atoms with Crippen LogP contribution < -0.4 is 10.6 Å². The summed E-state index contributed by atoms with van der Waals surface area (Å²) >= 11 is 12.1. The zero-order valence-electron chi connectivity index (χ0n) is 19.0. The van der Waals surface area contributed by atoms with Gasteiger partial charge in [-0.3, -0.25) is 9.80 Å². The van der Waals surface area contributed by atoms with E-state index >= 15 is 0 Å². The van der Waals surface area contributed by atoms with Crippen LogP contribution in [-0.2, 0) is 6.54 Å². The van der Waals surface area contributed by atoms with Gasteiger partial charge in [-0.1, -0.05) is 24.6 Å². The molecule has 2 N–H and O–H groups in total. The van der Waals surface area contributed by atoms with Crippen LogP contribution in [0.5, 0.6) is 0 Å². The van der Waals surface area contributed by atoms with Crippen LogP contribution in [0.1, 0.15) is 31.7 Å². The molecule has 2 fully saturated rings. The number of piperidine rings is 1. The second kappa shape index (κ2) is 10.6. The first-order chi connectivity index (χ1) is 16.3. The molecule has 0 bridgehead atoms. The first-order valence-electron chi connectivity index (χ1n) is 11.4. The molecular formula is C22H28Cl2FN7O2. The zero-order valence-corrected chi connectivity index (χ0v) is 20.5. The molecule has 3 heterocycles. The van der Waals surface area contributed by atoms with Crippen molar-refractivity contribution in [2.24, 2.45) is 0 Å². The number of anilines is 2. The fourth-order valence-corrected chi connectivity index (χ4v) is 5.35. The zero-order chi connectivity index (χ0) is 24.4. The Morgan fingerprint density at radius 3 is 2.59 bits per heavy atom. The van der Waals surface area contributed by atoms with Crippen LogP contribution in [0.3, 0.4) is 0 Å². The average Bonchev–Trinajstić information content (AvgIpc) is 2.82. The van der Waals surface area contributed by atoms with E-state index in [0.29, 0.717) is 42.1 Å². The molecule has 2 aliphatic rings. The second-order valence-corrected chi connectivity index (χ2v) is 9.59. The number of likely N-dealkylation sites (tertiary alicyclic amines) is 1. The summed E-state index contributed by atoms with van der Waals surface area (Å²) in [7, 11) is 0. The van der Waals surface area contributed by atoms with Crippen LogP contribution in [0.25, 0.3) is 0 Å². The largest absolute Gasteiger partial charge is 0.408 e. The quantitative estimate of drug-likeness (QED) is 0.458. The molecule has 1 unspecified atom stereocenters. The van der Waals surface area contributed by atoms with E-state index in [1.165, 1.54) is 6.07 Å². The summed E-state index contributed by atoms with van der Waals surface area (Å²) in [5.74, 6) is -0.623. The topological polar surface area (TPSA) is 105 Å². The van der Waals surface area contributed by atoms with Crippen molar-refractivity contribution in [3.63, 3.8) is 0 Å². The molecular weight excluding hydrogens is 484 g/mol. The summed E-state index contributed by atoms with van der Waals surface area (Å²) in [5.41, 5.74) is 6.42. The van der Waals surface area contributed by atoms with E-state index in [4.69, 9.17) is 28.9 Å². The molecule has 184 valence electrons. The molecule has 1 aromatic carbocycles. The predicted octanol–water partition coefficient (Wildman–Crippen LogP) is 3.98. The third-order valence-corrected chi connectivity index (χ3v) is 7.24. The van der Waals surface area contributed by atoms with Crippen molar-refractivity contribution >= 4 is 40.7 Å². The average molecular weight is 512 g/mol. The van der Waals surface area contributed by atoms with Crippen molar-refractivity contribution < 1.29 is 9.31 Å². The lowest BCUT2D eigenvalue weighted by atomic mass is 9.98. The number of nitrogen functional groups attached to an aromatic ring is 1. The lowest BCUT2D eigenvalue weighted by molar-refractivity contribution is -0.388. The lowest BCUT2D eigenvalue weighted by Crippen LogP contribution is -2.58. The highest BCUT2D eigenvalue weighted by molar-refractivity contribution is 6.32. The number of nitro groups is 1. The Balaban J connectivity index is 1.37. The van der Waals surface area contributed by atoms with Gasteiger partial charge in [-0.2, -0.15) is 0 Å². The number of nitrogens with two attached hydrogens (primary N) is 1. The number of halogens is 3. The smallest absolute Gasteiger partial charge is 0.377 e. The normalized spacial score (nSPS) is 20.6. The van der Waals surface area contributed by atoms with E-state index in [1.54, 1.807) is 12.1 Å². The van der Waals surface area contributed by atoms with Gasteiger partial charge in [0.1, 0.15) is 5.82 Å². The Labute approximate surface area is 207 Å². The highest BCUT2D eigenvalue weighted by Gasteiger charge is 2.35. The summed E-state index contributed by atoms with van der Waals surface area (Å²) in [6.07, 6.45) is 2.97. The van der Waals surface area contributed by atoms with Crippen LogP contribution in [-0.4, -0.2) is 69.5 Å². The van der Waals surface area contributed by atoms with Gasteiger partial charge < -0.3 is 20.7 Å². The molecule has 2 aromatic rings.